The number of ether oxygens (including phenoxy) is 3. The van der Waals surface area contributed by atoms with Crippen LogP contribution in [0, 0.1) is 12.8 Å². The van der Waals surface area contributed by atoms with Gasteiger partial charge in [0.2, 0.25) is 11.8 Å². The Morgan fingerprint density at radius 3 is 2.73 bits per heavy atom. The summed E-state index contributed by atoms with van der Waals surface area (Å²) in [4.78, 5) is 22.5. The van der Waals surface area contributed by atoms with Gasteiger partial charge in [0.1, 0.15) is 6.10 Å². The van der Waals surface area contributed by atoms with Crippen molar-refractivity contribution in [3.63, 3.8) is 0 Å². The summed E-state index contributed by atoms with van der Waals surface area (Å²) >= 11 is 0. The third kappa shape index (κ3) is 5.66. The van der Waals surface area contributed by atoms with Gasteiger partial charge in [0, 0.05) is 65.9 Å². The molecule has 2 N–H and O–H groups in total. The minimum absolute atomic E-state index is 0.0337. The number of nitrogens with one attached hydrogen (secondary N) is 1. The van der Waals surface area contributed by atoms with Crippen molar-refractivity contribution in [2.75, 3.05) is 26.4 Å². The highest BCUT2D eigenvalue weighted by Gasteiger charge is 2.37. The molecule has 2 atom stereocenters. The second kappa shape index (κ2) is 12.4. The van der Waals surface area contributed by atoms with Crippen LogP contribution in [-0.4, -0.2) is 69.3 Å². The number of benzene rings is 1. The Morgan fingerprint density at radius 2 is 1.98 bits per heavy atom. The van der Waals surface area contributed by atoms with Crippen LogP contribution in [0.3, 0.4) is 0 Å². The highest BCUT2D eigenvalue weighted by Crippen LogP contribution is 2.44. The molecule has 7 rings (SSSR count). The van der Waals surface area contributed by atoms with E-state index in [-0.39, 0.29) is 42.7 Å². The second-order valence-corrected chi connectivity index (χ2v) is 12.6. The molecule has 44 heavy (non-hydrogen) atoms. The quantitative estimate of drug-likeness (QED) is 0.284. The molecule has 1 aliphatic carbocycles. The lowest BCUT2D eigenvalue weighted by molar-refractivity contribution is -0.131. The predicted octanol–water partition coefficient (Wildman–Crippen LogP) is 5.20. The average Bonchev–Trinajstić information content (AvgIpc) is 3.44. The number of amides is 1. The molecular formula is C34H41N5O5. The van der Waals surface area contributed by atoms with Crippen LogP contribution in [0.15, 0.2) is 36.7 Å². The Labute approximate surface area is 257 Å². The zero-order valence-corrected chi connectivity index (χ0v) is 25.5. The molecule has 2 aliphatic heterocycles. The number of carbonyl (C=O) groups excluding carboxylic acids is 1. The van der Waals surface area contributed by atoms with Crippen molar-refractivity contribution in [3.8, 4) is 17.0 Å². The third-order valence-corrected chi connectivity index (χ3v) is 9.34. The molecule has 3 aliphatic rings. The smallest absolute Gasteiger partial charge is 0.223 e. The van der Waals surface area contributed by atoms with Crippen molar-refractivity contribution >= 4 is 27.6 Å². The van der Waals surface area contributed by atoms with Gasteiger partial charge >= 0.3 is 0 Å². The fraction of sp³-hybridized carbons (Fsp3) is 0.529. The largest absolute Gasteiger partial charge is 0.474 e. The van der Waals surface area contributed by atoms with Gasteiger partial charge in [-0.25, -0.2) is 9.67 Å². The lowest BCUT2D eigenvalue weighted by Gasteiger charge is -2.35. The molecule has 1 amide bonds. The Kier molecular flexibility index (Phi) is 8.22. The molecule has 1 saturated carbocycles. The minimum atomic E-state index is -0.264. The van der Waals surface area contributed by atoms with Gasteiger partial charge in [-0.2, -0.15) is 5.10 Å². The van der Waals surface area contributed by atoms with Gasteiger partial charge in [-0.3, -0.25) is 9.78 Å². The van der Waals surface area contributed by atoms with E-state index in [0.717, 1.165) is 82.9 Å². The van der Waals surface area contributed by atoms with E-state index in [1.807, 2.05) is 24.0 Å². The number of hydrogen-bond acceptors (Lipinski definition) is 8. The molecule has 10 heteroatoms. The molecule has 3 aromatic heterocycles. The Hall–Kier alpha value is -3.60. The summed E-state index contributed by atoms with van der Waals surface area (Å²) in [5.74, 6) is 0.662. The van der Waals surface area contributed by atoms with E-state index in [2.05, 4.69) is 34.6 Å². The fourth-order valence-electron chi connectivity index (χ4n) is 6.79. The minimum Gasteiger partial charge on any atom is -0.474 e. The molecule has 0 bridgehead atoms. The molecule has 5 heterocycles. The molecular weight excluding hydrogens is 558 g/mol. The number of pyridine rings is 2. The van der Waals surface area contributed by atoms with Crippen LogP contribution in [0.5, 0.6) is 5.88 Å². The van der Waals surface area contributed by atoms with E-state index in [4.69, 9.17) is 24.3 Å². The molecule has 2 saturated heterocycles. The predicted molar refractivity (Wildman–Crippen MR) is 166 cm³/mol. The van der Waals surface area contributed by atoms with Crippen molar-refractivity contribution in [1.29, 1.82) is 0 Å². The van der Waals surface area contributed by atoms with E-state index in [1.165, 1.54) is 0 Å². The fourth-order valence-corrected chi connectivity index (χ4v) is 6.79. The van der Waals surface area contributed by atoms with Gasteiger partial charge in [0.15, 0.2) is 6.23 Å². The van der Waals surface area contributed by atoms with Gasteiger partial charge in [0.25, 0.3) is 0 Å². The molecule has 4 aromatic rings. The molecule has 0 spiro atoms. The molecule has 232 valence electrons. The third-order valence-electron chi connectivity index (χ3n) is 9.34. The number of aromatic nitrogens is 4. The lowest BCUT2D eigenvalue weighted by atomic mass is 9.81. The first-order chi connectivity index (χ1) is 21.5. The lowest BCUT2D eigenvalue weighted by Crippen LogP contribution is -2.46. The number of carbonyl (C=O) groups is 1. The molecule has 2 unspecified atom stereocenters. The van der Waals surface area contributed by atoms with Gasteiger partial charge in [-0.05, 0) is 94.0 Å². The zero-order valence-electron chi connectivity index (χ0n) is 25.5. The first-order valence-corrected chi connectivity index (χ1v) is 16.0. The number of rotatable bonds is 8. The van der Waals surface area contributed by atoms with Gasteiger partial charge in [-0.1, -0.05) is 0 Å². The van der Waals surface area contributed by atoms with E-state index < -0.39 is 0 Å². The standard InChI is InChI=1S/C34H41N5O5/c1-20-13-23(6-9-35-20)31-27-16-25-18-36-39(30-5-3-4-10-43-30)29(25)17-28(27)34(38-32(31)22-7-11-42-12-8-22)44-26-14-24(15-26)33(41)37-21(2)19-40/h6,9,13,16-18,21-22,24,26,30,40H,3-5,7-8,10-12,14-15,19H2,1-2H3,(H,37,41). The zero-order chi connectivity index (χ0) is 30.2. The van der Waals surface area contributed by atoms with E-state index in [1.54, 1.807) is 6.92 Å². The SMILES string of the molecule is Cc1cc(-c2c(C3CCOCC3)nc(OC3CC(C(=O)NC(C)CO)C3)c3cc4c(cnn4C4CCCCO4)cc23)ccn1. The number of fused-ring (bicyclic) bond motifs is 2. The van der Waals surface area contributed by atoms with E-state index in [0.29, 0.717) is 31.9 Å². The van der Waals surface area contributed by atoms with Gasteiger partial charge < -0.3 is 24.6 Å². The number of aliphatic hydroxyl groups excluding tert-OH is 1. The monoisotopic (exact) mass is 599 g/mol. The van der Waals surface area contributed by atoms with E-state index >= 15 is 0 Å². The summed E-state index contributed by atoms with van der Waals surface area (Å²) < 4.78 is 20.6. The van der Waals surface area contributed by atoms with Crippen LogP contribution in [0.2, 0.25) is 0 Å². The number of hydrogen-bond donors (Lipinski definition) is 2. The molecule has 3 fully saturated rings. The Bertz CT molecular complexity index is 1650. The van der Waals surface area contributed by atoms with Crippen LogP contribution in [0.1, 0.15) is 75.4 Å². The maximum Gasteiger partial charge on any atom is 0.223 e. The van der Waals surface area contributed by atoms with Gasteiger partial charge in [-0.15, -0.1) is 0 Å². The first-order valence-electron chi connectivity index (χ1n) is 16.0. The number of aliphatic hydroxyl groups is 1. The van der Waals surface area contributed by atoms with Crippen LogP contribution in [0.25, 0.3) is 32.8 Å². The summed E-state index contributed by atoms with van der Waals surface area (Å²) in [5, 5.41) is 20.1. The average molecular weight is 600 g/mol. The van der Waals surface area contributed by atoms with Crippen LogP contribution in [0.4, 0.5) is 0 Å². The highest BCUT2D eigenvalue weighted by atomic mass is 16.5. The summed E-state index contributed by atoms with van der Waals surface area (Å²) in [5.41, 5.74) is 5.16. The van der Waals surface area contributed by atoms with Crippen molar-refractivity contribution < 1.29 is 24.1 Å². The summed E-state index contributed by atoms with van der Waals surface area (Å²) in [7, 11) is 0. The second-order valence-electron chi connectivity index (χ2n) is 12.6. The normalized spacial score (nSPS) is 23.4. The van der Waals surface area contributed by atoms with Crippen LogP contribution < -0.4 is 10.1 Å². The van der Waals surface area contributed by atoms with Crippen LogP contribution in [-0.2, 0) is 14.3 Å². The maximum atomic E-state index is 12.7. The first kappa shape index (κ1) is 29.1. The van der Waals surface area contributed by atoms with Crippen molar-refractivity contribution in [2.45, 2.75) is 83.1 Å². The summed E-state index contributed by atoms with van der Waals surface area (Å²) in [6.45, 7) is 5.88. The van der Waals surface area contributed by atoms with Gasteiger partial charge in [0.05, 0.1) is 24.0 Å². The van der Waals surface area contributed by atoms with Crippen molar-refractivity contribution in [1.82, 2.24) is 25.1 Å². The van der Waals surface area contributed by atoms with Crippen LogP contribution >= 0.6 is 0 Å². The molecule has 10 nitrogen and oxygen atoms in total. The summed E-state index contributed by atoms with van der Waals surface area (Å²) in [6.07, 6.45) is 9.72. The molecule has 1 aromatic carbocycles. The number of aryl methyl sites for hydroxylation is 1. The maximum absolute atomic E-state index is 12.7. The summed E-state index contributed by atoms with van der Waals surface area (Å²) in [6, 6.07) is 8.33. The number of nitrogens with zero attached hydrogens (tertiary/aromatic N) is 4. The topological polar surface area (TPSA) is 121 Å². The Morgan fingerprint density at radius 1 is 1.14 bits per heavy atom. The molecule has 0 radical (unpaired) electrons. The van der Waals surface area contributed by atoms with Crippen molar-refractivity contribution in [2.24, 2.45) is 5.92 Å². The van der Waals surface area contributed by atoms with E-state index in [9.17, 15) is 9.90 Å². The Balaban J connectivity index is 1.34. The van der Waals surface area contributed by atoms with Crippen molar-refractivity contribution in [3.05, 3.63) is 48.0 Å². The highest BCUT2D eigenvalue weighted by molar-refractivity contribution is 6.07.